The predicted octanol–water partition coefficient (Wildman–Crippen LogP) is 4.16. The van der Waals surface area contributed by atoms with Crippen LogP contribution >= 0.6 is 0 Å². The Bertz CT molecular complexity index is 580. The average Bonchev–Trinajstić information content (AvgIpc) is 3.36. The number of rotatable bonds is 3. The van der Waals surface area contributed by atoms with E-state index in [4.69, 9.17) is 4.74 Å². The number of halogens is 3. The third kappa shape index (κ3) is 11.7. The number of nitrogens with one attached hydrogen (secondary N) is 3. The third-order valence-electron chi connectivity index (χ3n) is 3.42. The number of nitrogens with zero attached hydrogens (tertiary/aromatic N) is 1. The van der Waals surface area contributed by atoms with Gasteiger partial charge in [0.1, 0.15) is 0 Å². The molecule has 0 amide bonds. The fourth-order valence-corrected chi connectivity index (χ4v) is 2.09. The van der Waals surface area contributed by atoms with E-state index in [2.05, 4.69) is 20.8 Å². The number of benzene rings is 1. The first-order chi connectivity index (χ1) is 13.4. The van der Waals surface area contributed by atoms with Crippen molar-refractivity contribution in [3.63, 3.8) is 0 Å². The summed E-state index contributed by atoms with van der Waals surface area (Å²) in [6.45, 7) is 8.12. The Balaban J connectivity index is 0.000000547. The fourth-order valence-electron chi connectivity index (χ4n) is 2.09. The summed E-state index contributed by atoms with van der Waals surface area (Å²) in [6.07, 6.45) is 0.493. The monoisotopic (exact) mass is 402 g/mol. The Morgan fingerprint density at radius 2 is 1.79 bits per heavy atom. The molecule has 5 nitrogen and oxygen atoms in total. The molecule has 0 bridgehead atoms. The lowest BCUT2D eigenvalue weighted by molar-refractivity contribution is -0.137. The van der Waals surface area contributed by atoms with Crippen LogP contribution in [0.15, 0.2) is 36.7 Å². The van der Waals surface area contributed by atoms with Crippen molar-refractivity contribution < 1.29 is 17.9 Å². The predicted molar refractivity (Wildman–Crippen MR) is 107 cm³/mol. The van der Waals surface area contributed by atoms with Gasteiger partial charge in [-0.25, -0.2) is 0 Å². The van der Waals surface area contributed by atoms with Crippen LogP contribution in [0.1, 0.15) is 37.0 Å². The van der Waals surface area contributed by atoms with Crippen molar-refractivity contribution in [3.05, 3.63) is 53.3 Å². The smallest absolute Gasteiger partial charge is 0.372 e. The molecule has 160 valence electrons. The van der Waals surface area contributed by atoms with E-state index >= 15 is 0 Å². The molecule has 0 aliphatic carbocycles. The van der Waals surface area contributed by atoms with Gasteiger partial charge in [0.05, 0.1) is 24.5 Å². The number of alkyl halides is 3. The molecule has 0 spiro atoms. The maximum Gasteiger partial charge on any atom is 0.416 e. The van der Waals surface area contributed by atoms with Gasteiger partial charge in [0.25, 0.3) is 0 Å². The molecule has 1 aliphatic heterocycles. The van der Waals surface area contributed by atoms with Gasteiger partial charge in [-0.3, -0.25) is 5.10 Å². The molecule has 2 heterocycles. The van der Waals surface area contributed by atoms with E-state index in [1.807, 2.05) is 41.1 Å². The van der Waals surface area contributed by atoms with Crippen molar-refractivity contribution in [2.24, 2.45) is 0 Å². The van der Waals surface area contributed by atoms with Gasteiger partial charge < -0.3 is 15.4 Å². The molecule has 3 rings (SSSR count). The minimum Gasteiger partial charge on any atom is -0.372 e. The molecule has 2 aromatic rings. The van der Waals surface area contributed by atoms with Gasteiger partial charge in [-0.15, -0.1) is 0 Å². The number of hydrogen-bond acceptors (Lipinski definition) is 4. The van der Waals surface area contributed by atoms with E-state index in [-0.39, 0.29) is 6.10 Å². The summed E-state index contributed by atoms with van der Waals surface area (Å²) in [7, 11) is 3.75. The molecule has 1 saturated heterocycles. The van der Waals surface area contributed by atoms with Gasteiger partial charge in [-0.1, -0.05) is 26.0 Å². The van der Waals surface area contributed by atoms with E-state index in [1.54, 1.807) is 6.20 Å². The molecule has 8 heteroatoms. The van der Waals surface area contributed by atoms with Crippen LogP contribution in [-0.4, -0.2) is 43.5 Å². The second kappa shape index (κ2) is 15.1. The van der Waals surface area contributed by atoms with Crippen LogP contribution in [0.3, 0.4) is 0 Å². The van der Waals surface area contributed by atoms with E-state index in [0.717, 1.165) is 37.2 Å². The molecule has 1 unspecified atom stereocenters. The number of H-pyrrole nitrogens is 1. The Morgan fingerprint density at radius 1 is 1.18 bits per heavy atom. The van der Waals surface area contributed by atoms with Gasteiger partial charge in [0.2, 0.25) is 0 Å². The van der Waals surface area contributed by atoms with Gasteiger partial charge in [0.15, 0.2) is 0 Å². The lowest BCUT2D eigenvalue weighted by atomic mass is 10.1. The van der Waals surface area contributed by atoms with Crippen molar-refractivity contribution in [2.45, 2.75) is 46.1 Å². The molecule has 3 N–H and O–H groups in total. The van der Waals surface area contributed by atoms with Gasteiger partial charge >= 0.3 is 6.18 Å². The van der Waals surface area contributed by atoms with E-state index in [9.17, 15) is 13.2 Å². The second-order valence-electron chi connectivity index (χ2n) is 5.90. The summed E-state index contributed by atoms with van der Waals surface area (Å²) < 4.78 is 42.5. The quantitative estimate of drug-likeness (QED) is 0.721. The SMILES string of the molecule is CC.CNC.Cc1cn[nH]c1.FC(F)(F)c1ccc(COC2CCNC2)cc1. The first kappa shape index (κ1) is 26.1. The fraction of sp³-hybridized carbons (Fsp3) is 0.550. The van der Waals surface area contributed by atoms with Crippen molar-refractivity contribution >= 4 is 0 Å². The highest BCUT2D eigenvalue weighted by Gasteiger charge is 2.29. The summed E-state index contributed by atoms with van der Waals surface area (Å²) in [5.74, 6) is 0. The van der Waals surface area contributed by atoms with E-state index in [1.165, 1.54) is 17.7 Å². The van der Waals surface area contributed by atoms with Crippen LogP contribution in [0.2, 0.25) is 0 Å². The summed E-state index contributed by atoms with van der Waals surface area (Å²) in [5, 5.41) is 12.3. The Kier molecular flexibility index (Phi) is 14.0. The van der Waals surface area contributed by atoms with Crippen LogP contribution in [0.5, 0.6) is 0 Å². The van der Waals surface area contributed by atoms with Gasteiger partial charge in [-0.05, 0) is 57.2 Å². The second-order valence-corrected chi connectivity index (χ2v) is 5.90. The first-order valence-electron chi connectivity index (χ1n) is 9.39. The highest BCUT2D eigenvalue weighted by atomic mass is 19.4. The first-order valence-corrected chi connectivity index (χ1v) is 9.39. The van der Waals surface area contributed by atoms with E-state index < -0.39 is 11.7 Å². The lowest BCUT2D eigenvalue weighted by Crippen LogP contribution is -2.16. The number of aryl methyl sites for hydroxylation is 1. The lowest BCUT2D eigenvalue weighted by Gasteiger charge is -2.11. The maximum atomic E-state index is 12.3. The zero-order valence-corrected chi connectivity index (χ0v) is 17.4. The molecular formula is C20H33F3N4O. The molecule has 1 atom stereocenters. The number of ether oxygens (including phenoxy) is 1. The van der Waals surface area contributed by atoms with E-state index in [0.29, 0.717) is 6.61 Å². The van der Waals surface area contributed by atoms with Crippen molar-refractivity contribution in [3.8, 4) is 0 Å². The normalized spacial score (nSPS) is 15.4. The Labute approximate surface area is 166 Å². The standard InChI is InChI=1S/C12H14F3NO.C4H6N2.C2H7N.C2H6/c13-12(14,15)10-3-1-9(2-4-10)8-17-11-5-6-16-7-11;1-4-2-5-6-3-4;1-3-2;1-2/h1-4,11,16H,5-8H2;2-3H,1H3,(H,5,6);3H,1-2H3;1-2H3. The molecule has 1 fully saturated rings. The highest BCUT2D eigenvalue weighted by molar-refractivity contribution is 5.24. The van der Waals surface area contributed by atoms with Gasteiger partial charge in [-0.2, -0.15) is 18.3 Å². The largest absolute Gasteiger partial charge is 0.416 e. The molecule has 1 aromatic heterocycles. The Hall–Kier alpha value is -1.90. The van der Waals surface area contributed by atoms with Crippen molar-refractivity contribution in [1.29, 1.82) is 0 Å². The number of hydrogen-bond donors (Lipinski definition) is 3. The molecule has 0 radical (unpaired) electrons. The van der Waals surface area contributed by atoms with Gasteiger partial charge in [0, 0.05) is 12.7 Å². The Morgan fingerprint density at radius 3 is 2.14 bits per heavy atom. The highest BCUT2D eigenvalue weighted by Crippen LogP contribution is 2.29. The maximum absolute atomic E-state index is 12.3. The molecular weight excluding hydrogens is 369 g/mol. The van der Waals surface area contributed by atoms with Crippen LogP contribution in [0, 0.1) is 6.92 Å². The molecule has 1 aromatic carbocycles. The third-order valence-corrected chi connectivity index (χ3v) is 3.42. The van der Waals surface area contributed by atoms with Crippen LogP contribution < -0.4 is 10.6 Å². The summed E-state index contributed by atoms with van der Waals surface area (Å²) >= 11 is 0. The van der Waals surface area contributed by atoms with Crippen LogP contribution in [0.25, 0.3) is 0 Å². The molecule has 28 heavy (non-hydrogen) atoms. The molecule has 0 saturated carbocycles. The number of aromatic amines is 1. The average molecular weight is 403 g/mol. The van der Waals surface area contributed by atoms with Crippen molar-refractivity contribution in [1.82, 2.24) is 20.8 Å². The summed E-state index contributed by atoms with van der Waals surface area (Å²) in [5.41, 5.74) is 1.32. The summed E-state index contributed by atoms with van der Waals surface area (Å²) in [4.78, 5) is 0. The van der Waals surface area contributed by atoms with Crippen LogP contribution in [-0.2, 0) is 17.5 Å². The minimum atomic E-state index is -4.27. The topological polar surface area (TPSA) is 62.0 Å². The van der Waals surface area contributed by atoms with Crippen LogP contribution in [0.4, 0.5) is 13.2 Å². The number of aromatic nitrogens is 2. The zero-order chi connectivity index (χ0) is 21.4. The minimum absolute atomic E-state index is 0.178. The summed E-state index contributed by atoms with van der Waals surface area (Å²) in [6, 6.07) is 5.10. The van der Waals surface area contributed by atoms with Crippen molar-refractivity contribution in [2.75, 3.05) is 27.2 Å². The molecule has 1 aliphatic rings. The zero-order valence-electron chi connectivity index (χ0n) is 17.4.